The SMILES string of the molecule is Cc1ccc2c(=O)c(C(=O)N3CCN(c4ccncc4)CC3)c[nH]c2n1. The molecule has 0 atom stereocenters. The van der Waals surface area contributed by atoms with E-state index in [2.05, 4.69) is 19.9 Å². The molecule has 0 bridgehead atoms. The van der Waals surface area contributed by atoms with Gasteiger partial charge in [0.2, 0.25) is 5.43 Å². The predicted molar refractivity (Wildman–Crippen MR) is 99.5 cm³/mol. The van der Waals surface area contributed by atoms with E-state index in [1.807, 2.05) is 19.1 Å². The van der Waals surface area contributed by atoms with Gasteiger partial charge in [-0.05, 0) is 31.2 Å². The van der Waals surface area contributed by atoms with Gasteiger partial charge in [-0.25, -0.2) is 4.98 Å². The molecule has 7 nitrogen and oxygen atoms in total. The van der Waals surface area contributed by atoms with E-state index < -0.39 is 0 Å². The Morgan fingerprint density at radius 3 is 2.54 bits per heavy atom. The summed E-state index contributed by atoms with van der Waals surface area (Å²) in [6.07, 6.45) is 5.00. The standard InChI is InChI=1S/C19H19N5O2/c1-13-2-3-15-17(25)16(12-21-18(15)22-13)19(26)24-10-8-23(9-11-24)14-4-6-20-7-5-14/h2-7,12H,8-11H2,1H3,(H,21,22,25). The average Bonchev–Trinajstić information content (AvgIpc) is 2.68. The first-order valence-corrected chi connectivity index (χ1v) is 8.57. The van der Waals surface area contributed by atoms with Crippen molar-refractivity contribution in [2.24, 2.45) is 0 Å². The number of aromatic nitrogens is 3. The topological polar surface area (TPSA) is 82.2 Å². The first kappa shape index (κ1) is 16.3. The number of aromatic amines is 1. The maximum atomic E-state index is 12.8. The first-order chi connectivity index (χ1) is 12.6. The van der Waals surface area contributed by atoms with E-state index in [9.17, 15) is 9.59 Å². The van der Waals surface area contributed by atoms with E-state index in [4.69, 9.17) is 0 Å². The van der Waals surface area contributed by atoms with Crippen molar-refractivity contribution in [1.82, 2.24) is 19.9 Å². The van der Waals surface area contributed by atoms with E-state index in [-0.39, 0.29) is 16.9 Å². The fourth-order valence-corrected chi connectivity index (χ4v) is 3.25. The van der Waals surface area contributed by atoms with Gasteiger partial charge in [0.25, 0.3) is 5.91 Å². The van der Waals surface area contributed by atoms with E-state index in [0.717, 1.165) is 24.5 Å². The number of hydrogen-bond acceptors (Lipinski definition) is 5. The highest BCUT2D eigenvalue weighted by Gasteiger charge is 2.24. The summed E-state index contributed by atoms with van der Waals surface area (Å²) in [5.74, 6) is -0.233. The molecule has 0 aliphatic carbocycles. The third-order valence-electron chi connectivity index (χ3n) is 4.70. The highest BCUT2D eigenvalue weighted by molar-refractivity contribution is 5.96. The molecule has 0 aromatic carbocycles. The lowest BCUT2D eigenvalue weighted by Gasteiger charge is -2.36. The minimum Gasteiger partial charge on any atom is -0.368 e. The monoisotopic (exact) mass is 349 g/mol. The summed E-state index contributed by atoms with van der Waals surface area (Å²) >= 11 is 0. The molecule has 132 valence electrons. The van der Waals surface area contributed by atoms with Crippen molar-refractivity contribution in [2.75, 3.05) is 31.1 Å². The number of nitrogens with one attached hydrogen (secondary N) is 1. The number of hydrogen-bond donors (Lipinski definition) is 1. The zero-order valence-corrected chi connectivity index (χ0v) is 14.5. The molecule has 0 unspecified atom stereocenters. The molecule has 0 saturated carbocycles. The summed E-state index contributed by atoms with van der Waals surface area (Å²) in [5.41, 5.74) is 2.32. The van der Waals surface area contributed by atoms with Crippen molar-refractivity contribution in [1.29, 1.82) is 0 Å². The lowest BCUT2D eigenvalue weighted by molar-refractivity contribution is 0.0745. The molecular formula is C19H19N5O2. The number of carbonyl (C=O) groups is 1. The van der Waals surface area contributed by atoms with Gasteiger partial charge in [0.05, 0.1) is 5.39 Å². The Morgan fingerprint density at radius 2 is 1.81 bits per heavy atom. The number of aryl methyl sites for hydroxylation is 1. The molecule has 26 heavy (non-hydrogen) atoms. The van der Waals surface area contributed by atoms with Gasteiger partial charge in [-0.3, -0.25) is 14.6 Å². The molecule has 1 N–H and O–H groups in total. The van der Waals surface area contributed by atoms with Crippen molar-refractivity contribution in [3.05, 3.63) is 64.3 Å². The van der Waals surface area contributed by atoms with Crippen LogP contribution in [0.1, 0.15) is 16.1 Å². The highest BCUT2D eigenvalue weighted by Crippen LogP contribution is 2.16. The van der Waals surface area contributed by atoms with Crippen LogP contribution in [-0.2, 0) is 0 Å². The molecule has 0 radical (unpaired) electrons. The average molecular weight is 349 g/mol. The Morgan fingerprint density at radius 1 is 1.08 bits per heavy atom. The summed E-state index contributed by atoms with van der Waals surface area (Å²) in [4.78, 5) is 40.8. The third-order valence-corrected chi connectivity index (χ3v) is 4.70. The second-order valence-electron chi connectivity index (χ2n) is 6.36. The van der Waals surface area contributed by atoms with Crippen LogP contribution in [0.2, 0.25) is 0 Å². The van der Waals surface area contributed by atoms with Gasteiger partial charge in [0.1, 0.15) is 11.2 Å². The number of nitrogens with zero attached hydrogens (tertiary/aromatic N) is 4. The number of H-pyrrole nitrogens is 1. The minimum absolute atomic E-state index is 0.167. The van der Waals surface area contributed by atoms with Crippen LogP contribution < -0.4 is 10.3 Å². The fraction of sp³-hybridized carbons (Fsp3) is 0.263. The molecule has 1 aliphatic heterocycles. The molecule has 1 amide bonds. The van der Waals surface area contributed by atoms with E-state index in [1.54, 1.807) is 29.4 Å². The van der Waals surface area contributed by atoms with Gasteiger partial charge in [-0.15, -0.1) is 0 Å². The number of pyridine rings is 3. The maximum Gasteiger partial charge on any atom is 0.259 e. The van der Waals surface area contributed by atoms with Crippen LogP contribution in [0.25, 0.3) is 11.0 Å². The number of rotatable bonds is 2. The van der Waals surface area contributed by atoms with Gasteiger partial charge >= 0.3 is 0 Å². The largest absolute Gasteiger partial charge is 0.368 e. The second kappa shape index (κ2) is 6.59. The number of piperazine rings is 1. The molecule has 1 fully saturated rings. The normalized spacial score (nSPS) is 14.7. The van der Waals surface area contributed by atoms with Crippen molar-refractivity contribution in [3.8, 4) is 0 Å². The van der Waals surface area contributed by atoms with E-state index in [1.165, 1.54) is 6.20 Å². The minimum atomic E-state index is -0.271. The Hall–Kier alpha value is -3.22. The number of carbonyl (C=O) groups excluding carboxylic acids is 1. The molecule has 7 heteroatoms. The maximum absolute atomic E-state index is 12.8. The molecule has 3 aromatic heterocycles. The summed E-state index contributed by atoms with van der Waals surface area (Å²) < 4.78 is 0. The molecular weight excluding hydrogens is 330 g/mol. The molecule has 1 saturated heterocycles. The molecule has 3 aromatic rings. The van der Waals surface area contributed by atoms with E-state index in [0.29, 0.717) is 24.1 Å². The van der Waals surface area contributed by atoms with Crippen LogP contribution in [0, 0.1) is 6.92 Å². The Kier molecular flexibility index (Phi) is 4.12. The Balaban J connectivity index is 1.54. The van der Waals surface area contributed by atoms with E-state index >= 15 is 0 Å². The lowest BCUT2D eigenvalue weighted by atomic mass is 10.1. The summed E-state index contributed by atoms with van der Waals surface area (Å²) in [6, 6.07) is 7.41. The number of anilines is 1. The molecule has 1 aliphatic rings. The molecule has 4 rings (SSSR count). The van der Waals surface area contributed by atoms with Gasteiger partial charge in [0.15, 0.2) is 0 Å². The van der Waals surface area contributed by atoms with Crippen LogP contribution in [-0.4, -0.2) is 51.9 Å². The zero-order chi connectivity index (χ0) is 18.1. The van der Waals surface area contributed by atoms with Gasteiger partial charge < -0.3 is 14.8 Å². The van der Waals surface area contributed by atoms with Crippen LogP contribution in [0.5, 0.6) is 0 Å². The summed E-state index contributed by atoms with van der Waals surface area (Å²) in [5, 5.41) is 0.442. The van der Waals surface area contributed by atoms with Crippen LogP contribution >= 0.6 is 0 Å². The smallest absolute Gasteiger partial charge is 0.259 e. The van der Waals surface area contributed by atoms with Crippen molar-refractivity contribution >= 4 is 22.6 Å². The van der Waals surface area contributed by atoms with Gasteiger partial charge in [-0.1, -0.05) is 0 Å². The van der Waals surface area contributed by atoms with Gasteiger partial charge in [0, 0.05) is 56.2 Å². The molecule has 4 heterocycles. The number of fused-ring (bicyclic) bond motifs is 1. The van der Waals surface area contributed by atoms with Crippen molar-refractivity contribution in [3.63, 3.8) is 0 Å². The first-order valence-electron chi connectivity index (χ1n) is 8.57. The van der Waals surface area contributed by atoms with Crippen molar-refractivity contribution < 1.29 is 4.79 Å². The summed E-state index contributed by atoms with van der Waals surface area (Å²) in [6.45, 7) is 4.46. The fourth-order valence-electron chi connectivity index (χ4n) is 3.25. The van der Waals surface area contributed by atoms with Crippen LogP contribution in [0.4, 0.5) is 5.69 Å². The third kappa shape index (κ3) is 2.92. The lowest BCUT2D eigenvalue weighted by Crippen LogP contribution is -2.49. The molecule has 0 spiro atoms. The summed E-state index contributed by atoms with van der Waals surface area (Å²) in [7, 11) is 0. The number of amides is 1. The van der Waals surface area contributed by atoms with Gasteiger partial charge in [-0.2, -0.15) is 0 Å². The zero-order valence-electron chi connectivity index (χ0n) is 14.5. The highest BCUT2D eigenvalue weighted by atomic mass is 16.2. The Bertz CT molecular complexity index is 1010. The second-order valence-corrected chi connectivity index (χ2v) is 6.36. The van der Waals surface area contributed by atoms with Crippen LogP contribution in [0.15, 0.2) is 47.7 Å². The predicted octanol–water partition coefficient (Wildman–Crippen LogP) is 1.59. The van der Waals surface area contributed by atoms with Crippen LogP contribution in [0.3, 0.4) is 0 Å². The Labute approximate surface area is 150 Å². The van der Waals surface area contributed by atoms with Crippen molar-refractivity contribution in [2.45, 2.75) is 6.92 Å². The quantitative estimate of drug-likeness (QED) is 0.760.